The Kier molecular flexibility index (Phi) is 5.75. The minimum atomic E-state index is -0.208. The Morgan fingerprint density at radius 1 is 1.32 bits per heavy atom. The number of terminal acetylenes is 1. The number of carbonyl (C=O) groups is 2. The van der Waals surface area contributed by atoms with Crippen LogP contribution in [0.25, 0.3) is 0 Å². The lowest BCUT2D eigenvalue weighted by molar-refractivity contribution is -0.113. The van der Waals surface area contributed by atoms with Gasteiger partial charge < -0.3 is 9.80 Å². The number of rotatable bonds is 6. The van der Waals surface area contributed by atoms with Crippen LogP contribution in [0.15, 0.2) is 49.3 Å². The van der Waals surface area contributed by atoms with Crippen LogP contribution in [0.2, 0.25) is 0 Å². The lowest BCUT2D eigenvalue weighted by Gasteiger charge is -2.18. The van der Waals surface area contributed by atoms with E-state index in [1.807, 2.05) is 6.20 Å². The Morgan fingerprint density at radius 3 is 2.60 bits per heavy atom. The second-order valence-electron chi connectivity index (χ2n) is 5.56. The van der Waals surface area contributed by atoms with Crippen LogP contribution in [0.1, 0.15) is 15.9 Å². The van der Waals surface area contributed by atoms with Gasteiger partial charge in [-0.25, -0.2) is 0 Å². The number of likely N-dealkylation sites (N-methyl/N-ethyl adjacent to an activating group) is 1. The summed E-state index contributed by atoms with van der Waals surface area (Å²) < 4.78 is 1.65. The van der Waals surface area contributed by atoms with Crippen molar-refractivity contribution in [1.29, 1.82) is 0 Å². The third-order valence-corrected chi connectivity index (χ3v) is 3.71. The maximum atomic E-state index is 12.5. The summed E-state index contributed by atoms with van der Waals surface area (Å²) in [6.07, 6.45) is 10.0. The molecule has 2 aromatic rings. The topological polar surface area (TPSA) is 58.4 Å². The van der Waals surface area contributed by atoms with Gasteiger partial charge in [-0.3, -0.25) is 14.3 Å². The Hall–Kier alpha value is -3.33. The van der Waals surface area contributed by atoms with Gasteiger partial charge in [-0.05, 0) is 30.3 Å². The highest BCUT2D eigenvalue weighted by atomic mass is 16.2. The zero-order valence-corrected chi connectivity index (χ0v) is 14.3. The van der Waals surface area contributed by atoms with Crippen molar-refractivity contribution in [2.24, 2.45) is 0 Å². The number of benzene rings is 1. The smallest absolute Gasteiger partial charge is 0.253 e. The molecule has 0 fully saturated rings. The van der Waals surface area contributed by atoms with Crippen LogP contribution in [0, 0.1) is 12.3 Å². The van der Waals surface area contributed by atoms with Crippen molar-refractivity contribution >= 4 is 17.5 Å². The van der Waals surface area contributed by atoms with Crippen LogP contribution < -0.4 is 4.90 Å². The average Bonchev–Trinajstić information content (AvgIpc) is 3.07. The molecule has 2 amide bonds. The molecule has 0 spiro atoms. The molecular formula is C19H20N4O2. The minimum Gasteiger partial charge on any atom is -0.337 e. The van der Waals surface area contributed by atoms with Crippen molar-refractivity contribution in [1.82, 2.24) is 14.7 Å². The molecule has 0 atom stereocenters. The highest BCUT2D eigenvalue weighted by Gasteiger charge is 2.14. The maximum Gasteiger partial charge on any atom is 0.253 e. The van der Waals surface area contributed by atoms with Crippen molar-refractivity contribution < 1.29 is 9.59 Å². The Bertz CT molecular complexity index is 815. The predicted molar refractivity (Wildman–Crippen MR) is 96.9 cm³/mol. The second kappa shape index (κ2) is 7.97. The molecule has 1 aromatic carbocycles. The van der Waals surface area contributed by atoms with Gasteiger partial charge in [-0.2, -0.15) is 5.10 Å². The standard InChI is InChI=1S/C19H20N4O2/c1-5-11-23-14-15(12-20-23)13-21(3)19(25)16-7-9-17(10-8-16)22(4)18(24)6-2/h1,6-10,12,14H,2,11,13H2,3-4H3. The van der Waals surface area contributed by atoms with E-state index >= 15 is 0 Å². The molecule has 2 rings (SSSR count). The van der Waals surface area contributed by atoms with E-state index in [0.29, 0.717) is 24.3 Å². The summed E-state index contributed by atoms with van der Waals surface area (Å²) in [5.74, 6) is 2.19. The number of nitrogens with zero attached hydrogens (tertiary/aromatic N) is 4. The highest BCUT2D eigenvalue weighted by Crippen LogP contribution is 2.16. The first-order valence-electron chi connectivity index (χ1n) is 7.66. The van der Waals surface area contributed by atoms with Crippen LogP contribution >= 0.6 is 0 Å². The van der Waals surface area contributed by atoms with Crippen molar-refractivity contribution in [2.75, 3.05) is 19.0 Å². The lowest BCUT2D eigenvalue weighted by atomic mass is 10.1. The molecule has 0 N–H and O–H groups in total. The molecule has 0 bridgehead atoms. The average molecular weight is 336 g/mol. The van der Waals surface area contributed by atoms with Gasteiger partial charge in [0.1, 0.15) is 6.54 Å². The third kappa shape index (κ3) is 4.36. The largest absolute Gasteiger partial charge is 0.337 e. The van der Waals surface area contributed by atoms with Crippen molar-refractivity contribution in [2.45, 2.75) is 13.1 Å². The third-order valence-electron chi connectivity index (χ3n) is 3.71. The number of anilines is 1. The quantitative estimate of drug-likeness (QED) is 0.598. The van der Waals surface area contributed by atoms with Crippen LogP contribution in [0.4, 0.5) is 5.69 Å². The van der Waals surface area contributed by atoms with Gasteiger partial charge in [-0.15, -0.1) is 6.42 Å². The predicted octanol–water partition coefficient (Wildman–Crippen LogP) is 1.94. The molecule has 6 nitrogen and oxygen atoms in total. The second-order valence-corrected chi connectivity index (χ2v) is 5.56. The monoisotopic (exact) mass is 336 g/mol. The number of amides is 2. The van der Waals surface area contributed by atoms with E-state index in [2.05, 4.69) is 17.6 Å². The summed E-state index contributed by atoms with van der Waals surface area (Å²) >= 11 is 0. The van der Waals surface area contributed by atoms with E-state index in [1.165, 1.54) is 11.0 Å². The van der Waals surface area contributed by atoms with Crippen LogP contribution in [0.5, 0.6) is 0 Å². The van der Waals surface area contributed by atoms with Crippen molar-refractivity contribution in [3.05, 3.63) is 60.4 Å². The molecule has 0 unspecified atom stereocenters. The van der Waals surface area contributed by atoms with Crippen LogP contribution in [-0.2, 0) is 17.9 Å². The Balaban J connectivity index is 2.05. The van der Waals surface area contributed by atoms with Gasteiger partial charge >= 0.3 is 0 Å². The number of aromatic nitrogens is 2. The van der Waals surface area contributed by atoms with Gasteiger partial charge in [0.15, 0.2) is 0 Å². The van der Waals surface area contributed by atoms with Crippen molar-refractivity contribution in [3.8, 4) is 12.3 Å². The lowest BCUT2D eigenvalue weighted by Crippen LogP contribution is -2.26. The number of hydrogen-bond donors (Lipinski definition) is 0. The van der Waals surface area contributed by atoms with Crippen LogP contribution in [-0.4, -0.2) is 40.6 Å². The molecular weight excluding hydrogens is 316 g/mol. The molecule has 0 saturated heterocycles. The van der Waals surface area contributed by atoms with E-state index in [9.17, 15) is 9.59 Å². The molecule has 0 saturated carbocycles. The molecule has 0 radical (unpaired) electrons. The molecule has 0 aliphatic heterocycles. The summed E-state index contributed by atoms with van der Waals surface area (Å²) in [4.78, 5) is 27.2. The van der Waals surface area contributed by atoms with E-state index in [4.69, 9.17) is 6.42 Å². The maximum absolute atomic E-state index is 12.5. The molecule has 6 heteroatoms. The first-order chi connectivity index (χ1) is 12.0. The molecule has 0 aliphatic carbocycles. The van der Waals surface area contributed by atoms with Crippen LogP contribution in [0.3, 0.4) is 0 Å². The highest BCUT2D eigenvalue weighted by molar-refractivity contribution is 6.01. The van der Waals surface area contributed by atoms with E-state index in [0.717, 1.165) is 5.56 Å². The van der Waals surface area contributed by atoms with Gasteiger partial charge in [0, 0.05) is 43.7 Å². The molecule has 25 heavy (non-hydrogen) atoms. The summed E-state index contributed by atoms with van der Waals surface area (Å²) in [7, 11) is 3.38. The molecule has 0 aliphatic rings. The summed E-state index contributed by atoms with van der Waals surface area (Å²) in [6.45, 7) is 4.29. The summed E-state index contributed by atoms with van der Waals surface area (Å²) in [5, 5.41) is 4.14. The number of hydrogen-bond acceptors (Lipinski definition) is 3. The first-order valence-corrected chi connectivity index (χ1v) is 7.66. The SMILES string of the molecule is C#CCn1cc(CN(C)C(=O)c2ccc(N(C)C(=O)C=C)cc2)cn1. The van der Waals surface area contributed by atoms with Gasteiger partial charge in [0.2, 0.25) is 5.91 Å². The Morgan fingerprint density at radius 2 is 2.00 bits per heavy atom. The summed E-state index contributed by atoms with van der Waals surface area (Å²) in [5.41, 5.74) is 2.14. The molecule has 1 heterocycles. The van der Waals surface area contributed by atoms with Gasteiger partial charge in [0.05, 0.1) is 6.20 Å². The molecule has 128 valence electrons. The van der Waals surface area contributed by atoms with E-state index in [1.54, 1.807) is 54.1 Å². The number of carbonyl (C=O) groups excluding carboxylic acids is 2. The van der Waals surface area contributed by atoms with Crippen molar-refractivity contribution in [3.63, 3.8) is 0 Å². The minimum absolute atomic E-state index is 0.117. The first kappa shape index (κ1) is 18.0. The van der Waals surface area contributed by atoms with Gasteiger partial charge in [0.25, 0.3) is 5.91 Å². The van der Waals surface area contributed by atoms with E-state index in [-0.39, 0.29) is 11.8 Å². The fraction of sp³-hybridized carbons (Fsp3) is 0.211. The Labute approximate surface area is 147 Å². The summed E-state index contributed by atoms with van der Waals surface area (Å²) in [6, 6.07) is 6.85. The van der Waals surface area contributed by atoms with E-state index < -0.39 is 0 Å². The zero-order chi connectivity index (χ0) is 18.4. The normalized spacial score (nSPS) is 9.96. The van der Waals surface area contributed by atoms with Gasteiger partial charge in [-0.1, -0.05) is 12.5 Å². The molecule has 1 aromatic heterocycles. The zero-order valence-electron chi connectivity index (χ0n) is 14.3. The fourth-order valence-electron chi connectivity index (χ4n) is 2.33. The fourth-order valence-corrected chi connectivity index (χ4v) is 2.33.